The zero-order valence-electron chi connectivity index (χ0n) is 24.9. The lowest BCUT2D eigenvalue weighted by Crippen LogP contribution is -2.42. The van der Waals surface area contributed by atoms with Gasteiger partial charge in [0.05, 0.1) is 11.4 Å². The Morgan fingerprint density at radius 3 is 2.25 bits per heavy atom. The highest BCUT2D eigenvalue weighted by atomic mass is 16.6. The van der Waals surface area contributed by atoms with Crippen molar-refractivity contribution in [2.45, 2.75) is 78.7 Å². The van der Waals surface area contributed by atoms with Crippen LogP contribution in [0.4, 0.5) is 21.1 Å². The molecule has 0 saturated carbocycles. The van der Waals surface area contributed by atoms with E-state index in [4.69, 9.17) is 9.84 Å². The largest absolute Gasteiger partial charge is 0.444 e. The van der Waals surface area contributed by atoms with Crippen LogP contribution >= 0.6 is 0 Å². The molecule has 0 spiro atoms. The number of aryl methyl sites for hydroxylation is 1. The van der Waals surface area contributed by atoms with Crippen LogP contribution in [0.3, 0.4) is 0 Å². The number of nitrogens with zero attached hydrogens (tertiary/aromatic N) is 3. The van der Waals surface area contributed by atoms with Crippen molar-refractivity contribution >= 4 is 23.6 Å². The van der Waals surface area contributed by atoms with E-state index in [1.165, 1.54) is 0 Å². The molecule has 3 aromatic rings. The molecule has 0 unspecified atom stereocenters. The van der Waals surface area contributed by atoms with Crippen LogP contribution in [-0.4, -0.2) is 45.5 Å². The lowest BCUT2D eigenvalue weighted by atomic mass is 9.90. The summed E-state index contributed by atoms with van der Waals surface area (Å²) >= 11 is 0. The van der Waals surface area contributed by atoms with Gasteiger partial charge in [-0.3, -0.25) is 5.32 Å². The van der Waals surface area contributed by atoms with Crippen LogP contribution in [-0.2, 0) is 16.6 Å². The first kappa shape index (κ1) is 29.2. The Labute approximate surface area is 238 Å². The minimum Gasteiger partial charge on any atom is -0.444 e. The topological polar surface area (TPSA) is 88.5 Å². The van der Waals surface area contributed by atoms with Crippen molar-refractivity contribution < 1.29 is 14.3 Å². The Hall–Kier alpha value is -3.81. The number of amides is 3. The van der Waals surface area contributed by atoms with Gasteiger partial charge in [-0.2, -0.15) is 5.10 Å². The maximum absolute atomic E-state index is 13.1. The summed E-state index contributed by atoms with van der Waals surface area (Å²) < 4.78 is 7.29. The van der Waals surface area contributed by atoms with Crippen molar-refractivity contribution in [3.05, 3.63) is 71.4 Å². The molecule has 0 radical (unpaired) electrons. The average Bonchev–Trinajstić information content (AvgIpc) is 3.28. The zero-order chi connectivity index (χ0) is 29.1. The summed E-state index contributed by atoms with van der Waals surface area (Å²) in [4.78, 5) is 27.2. The minimum absolute atomic E-state index is 0.166. The maximum atomic E-state index is 13.1. The second kappa shape index (κ2) is 11.7. The van der Waals surface area contributed by atoms with Crippen molar-refractivity contribution in [2.24, 2.45) is 5.92 Å². The number of piperidine rings is 1. The molecule has 2 N–H and O–H groups in total. The quantitative estimate of drug-likeness (QED) is 0.352. The molecule has 0 atom stereocenters. The van der Waals surface area contributed by atoms with Gasteiger partial charge >= 0.3 is 12.1 Å². The molecular formula is C32H43N5O3. The molecule has 40 heavy (non-hydrogen) atoms. The van der Waals surface area contributed by atoms with Crippen LogP contribution in [0.15, 0.2) is 54.6 Å². The molecule has 1 aliphatic rings. The summed E-state index contributed by atoms with van der Waals surface area (Å²) in [5.74, 6) is 1.08. The Morgan fingerprint density at radius 1 is 0.950 bits per heavy atom. The second-order valence-corrected chi connectivity index (χ2v) is 12.8. The Kier molecular flexibility index (Phi) is 8.57. The van der Waals surface area contributed by atoms with Crippen LogP contribution in [0.2, 0.25) is 0 Å². The smallest absolute Gasteiger partial charge is 0.410 e. The Bertz CT molecular complexity index is 1320. The number of hydrogen-bond acceptors (Lipinski definition) is 4. The van der Waals surface area contributed by atoms with E-state index < -0.39 is 5.60 Å². The fourth-order valence-corrected chi connectivity index (χ4v) is 4.75. The lowest BCUT2D eigenvalue weighted by Gasteiger charge is -2.33. The van der Waals surface area contributed by atoms with Crippen LogP contribution in [0.1, 0.15) is 71.2 Å². The summed E-state index contributed by atoms with van der Waals surface area (Å²) in [6.45, 7) is 15.4. The lowest BCUT2D eigenvalue weighted by molar-refractivity contribution is 0.0184. The van der Waals surface area contributed by atoms with Crippen LogP contribution in [0.25, 0.3) is 5.69 Å². The van der Waals surface area contributed by atoms with Gasteiger partial charge < -0.3 is 15.0 Å². The molecule has 2 heterocycles. The number of urea groups is 1. The fourth-order valence-electron chi connectivity index (χ4n) is 4.75. The van der Waals surface area contributed by atoms with Gasteiger partial charge in [0.25, 0.3) is 0 Å². The van der Waals surface area contributed by atoms with Crippen LogP contribution in [0.5, 0.6) is 0 Å². The van der Waals surface area contributed by atoms with E-state index in [2.05, 4.69) is 37.5 Å². The van der Waals surface area contributed by atoms with Crippen molar-refractivity contribution in [1.29, 1.82) is 0 Å². The third-order valence-electron chi connectivity index (χ3n) is 6.97. The molecule has 214 valence electrons. The van der Waals surface area contributed by atoms with E-state index in [0.717, 1.165) is 47.5 Å². The molecular weight excluding hydrogens is 502 g/mol. The van der Waals surface area contributed by atoms with Gasteiger partial charge in [0.15, 0.2) is 0 Å². The number of aromatic nitrogens is 2. The molecule has 8 nitrogen and oxygen atoms in total. The molecule has 0 aliphatic carbocycles. The molecule has 1 aromatic heterocycles. The van der Waals surface area contributed by atoms with E-state index >= 15 is 0 Å². The number of carbonyl (C=O) groups excluding carboxylic acids is 2. The average molecular weight is 546 g/mol. The first-order valence-electron chi connectivity index (χ1n) is 14.1. The summed E-state index contributed by atoms with van der Waals surface area (Å²) in [6.07, 6.45) is 2.52. The molecule has 1 aliphatic heterocycles. The Morgan fingerprint density at radius 2 is 1.62 bits per heavy atom. The van der Waals surface area contributed by atoms with Crippen molar-refractivity contribution in [3.63, 3.8) is 0 Å². The standard InChI is InChI=1S/C32H43N5O3/c1-22-11-13-26(14-12-22)37-28(21-27(35-37)31(2,3)4)34-29(38)33-25-10-8-9-24(20-25)19-23-15-17-36(18-16-23)30(39)40-32(5,6)7/h8-14,20-21,23H,15-19H2,1-7H3,(H2,33,34,38). The minimum atomic E-state index is -0.483. The van der Waals surface area contributed by atoms with E-state index in [0.29, 0.717) is 24.8 Å². The predicted molar refractivity (Wildman–Crippen MR) is 160 cm³/mol. The highest BCUT2D eigenvalue weighted by Crippen LogP contribution is 2.27. The summed E-state index contributed by atoms with van der Waals surface area (Å²) in [6, 6.07) is 17.6. The molecule has 1 saturated heterocycles. The van der Waals surface area contributed by atoms with E-state index in [1.807, 2.05) is 76.2 Å². The molecule has 0 bridgehead atoms. The number of likely N-dealkylation sites (tertiary alicyclic amines) is 1. The van der Waals surface area contributed by atoms with Gasteiger partial charge in [0.1, 0.15) is 11.4 Å². The van der Waals surface area contributed by atoms with Gasteiger partial charge in [0.2, 0.25) is 0 Å². The second-order valence-electron chi connectivity index (χ2n) is 12.8. The number of anilines is 2. The normalized spacial score (nSPS) is 14.6. The van der Waals surface area contributed by atoms with Gasteiger partial charge in [0, 0.05) is 30.3 Å². The van der Waals surface area contributed by atoms with Gasteiger partial charge in [-0.15, -0.1) is 0 Å². The van der Waals surface area contributed by atoms with Crippen molar-refractivity contribution in [2.75, 3.05) is 23.7 Å². The maximum Gasteiger partial charge on any atom is 0.410 e. The van der Waals surface area contributed by atoms with Gasteiger partial charge in [-0.25, -0.2) is 14.3 Å². The fraction of sp³-hybridized carbons (Fsp3) is 0.469. The molecule has 2 aromatic carbocycles. The SMILES string of the molecule is Cc1ccc(-n2nc(C(C)(C)C)cc2NC(=O)Nc2cccc(CC3CCN(C(=O)OC(C)(C)C)CC3)c2)cc1. The first-order valence-corrected chi connectivity index (χ1v) is 14.1. The van der Waals surface area contributed by atoms with E-state index in [-0.39, 0.29) is 17.5 Å². The number of carbonyl (C=O) groups is 2. The first-order chi connectivity index (χ1) is 18.8. The number of rotatable bonds is 5. The number of hydrogen-bond donors (Lipinski definition) is 2. The van der Waals surface area contributed by atoms with Crippen molar-refractivity contribution in [1.82, 2.24) is 14.7 Å². The third kappa shape index (κ3) is 7.87. The number of ether oxygens (including phenoxy) is 1. The number of benzene rings is 2. The molecule has 3 amide bonds. The van der Waals surface area contributed by atoms with E-state index in [9.17, 15) is 9.59 Å². The number of nitrogens with one attached hydrogen (secondary N) is 2. The van der Waals surface area contributed by atoms with Crippen LogP contribution < -0.4 is 10.6 Å². The van der Waals surface area contributed by atoms with Gasteiger partial charge in [-0.1, -0.05) is 50.6 Å². The summed E-state index contributed by atoms with van der Waals surface area (Å²) in [7, 11) is 0. The van der Waals surface area contributed by atoms with E-state index in [1.54, 1.807) is 9.58 Å². The van der Waals surface area contributed by atoms with Crippen LogP contribution in [0, 0.1) is 12.8 Å². The highest BCUT2D eigenvalue weighted by Gasteiger charge is 2.27. The highest BCUT2D eigenvalue weighted by molar-refractivity contribution is 5.99. The monoisotopic (exact) mass is 545 g/mol. The Balaban J connectivity index is 1.38. The van der Waals surface area contributed by atoms with Gasteiger partial charge in [-0.05, 0) is 82.7 Å². The zero-order valence-corrected chi connectivity index (χ0v) is 24.9. The van der Waals surface area contributed by atoms with Crippen molar-refractivity contribution in [3.8, 4) is 5.69 Å². The molecule has 4 rings (SSSR count). The third-order valence-corrected chi connectivity index (χ3v) is 6.97. The summed E-state index contributed by atoms with van der Waals surface area (Å²) in [5.41, 5.74) is 4.18. The molecule has 8 heteroatoms. The summed E-state index contributed by atoms with van der Waals surface area (Å²) in [5, 5.41) is 10.8. The molecule has 1 fully saturated rings. The predicted octanol–water partition coefficient (Wildman–Crippen LogP) is 7.31.